The van der Waals surface area contributed by atoms with Crippen LogP contribution in [-0.4, -0.2) is 19.0 Å². The predicted molar refractivity (Wildman–Crippen MR) is 74.4 cm³/mol. The third-order valence-corrected chi connectivity index (χ3v) is 4.33. The zero-order valence-corrected chi connectivity index (χ0v) is 12.2. The molecule has 0 aliphatic heterocycles. The van der Waals surface area contributed by atoms with Crippen LogP contribution in [0.3, 0.4) is 0 Å². The van der Waals surface area contributed by atoms with Gasteiger partial charge in [0.15, 0.2) is 0 Å². The number of hydrogen-bond donors (Lipinski definition) is 1. The summed E-state index contributed by atoms with van der Waals surface area (Å²) in [5.74, 6) is 1.02. The van der Waals surface area contributed by atoms with Gasteiger partial charge >= 0.3 is 0 Å². The maximum Gasteiger partial charge on any atom is 0.139 e. The molecule has 2 aromatic rings. The van der Waals surface area contributed by atoms with Crippen molar-refractivity contribution in [2.24, 2.45) is 0 Å². The minimum atomic E-state index is -1.22. The minimum absolute atomic E-state index is 0.314. The Kier molecular flexibility index (Phi) is 4.13. The Morgan fingerprint density at radius 3 is 3.00 bits per heavy atom. The van der Waals surface area contributed by atoms with Crippen LogP contribution < -0.4 is 5.73 Å². The van der Waals surface area contributed by atoms with Crippen LogP contribution in [0.5, 0.6) is 0 Å². The Morgan fingerprint density at radius 1 is 1.50 bits per heavy atom. The second-order valence-electron chi connectivity index (χ2n) is 3.66. The van der Waals surface area contributed by atoms with E-state index in [1.54, 1.807) is 16.8 Å². The number of aryl methyl sites for hydroxylation is 1. The molecule has 0 bridgehead atoms. The zero-order valence-electron chi connectivity index (χ0n) is 9.84. The lowest BCUT2D eigenvalue weighted by Crippen LogP contribution is -2.08. The largest absolute Gasteiger partial charge is 0.398 e. The third-order valence-electron chi connectivity index (χ3n) is 2.48. The molecule has 1 atom stereocenters. The molecule has 2 rings (SSSR count). The molecule has 5 nitrogen and oxygen atoms in total. The van der Waals surface area contributed by atoms with Crippen molar-refractivity contribution in [3.05, 3.63) is 34.8 Å². The van der Waals surface area contributed by atoms with Gasteiger partial charge in [-0.2, -0.15) is 5.10 Å². The zero-order chi connectivity index (χ0) is 13.1. The molecule has 0 aliphatic carbocycles. The molecule has 18 heavy (non-hydrogen) atoms. The second kappa shape index (κ2) is 5.62. The van der Waals surface area contributed by atoms with Crippen molar-refractivity contribution < 1.29 is 4.21 Å². The summed E-state index contributed by atoms with van der Waals surface area (Å²) in [6.07, 6.45) is 1.47. The van der Waals surface area contributed by atoms with Gasteiger partial charge in [-0.3, -0.25) is 4.21 Å². The molecule has 2 N–H and O–H groups in total. The predicted octanol–water partition coefficient (Wildman–Crippen LogP) is 1.95. The number of benzene rings is 1. The van der Waals surface area contributed by atoms with Crippen LogP contribution in [0.1, 0.15) is 12.7 Å². The van der Waals surface area contributed by atoms with Crippen molar-refractivity contribution in [3.63, 3.8) is 0 Å². The summed E-state index contributed by atoms with van der Waals surface area (Å²) in [7, 11) is -1.22. The normalized spacial score (nSPS) is 12.6. The van der Waals surface area contributed by atoms with E-state index in [4.69, 9.17) is 5.73 Å². The molecule has 0 saturated heterocycles. The number of rotatable bonds is 4. The highest BCUT2D eigenvalue weighted by molar-refractivity contribution is 9.10. The van der Waals surface area contributed by atoms with E-state index in [2.05, 4.69) is 26.0 Å². The number of nitrogens with two attached hydrogens (primary N) is 1. The average molecular weight is 329 g/mol. The van der Waals surface area contributed by atoms with E-state index in [0.717, 1.165) is 4.47 Å². The SMILES string of the molecule is CCn1ncnc1CS(=O)c1cc(Br)ccc1N. The molecule has 0 spiro atoms. The first kappa shape index (κ1) is 13.2. The van der Waals surface area contributed by atoms with Gasteiger partial charge in [-0.1, -0.05) is 15.9 Å². The number of anilines is 1. The molecule has 1 aromatic heterocycles. The summed E-state index contributed by atoms with van der Waals surface area (Å²) in [6.45, 7) is 2.68. The average Bonchev–Trinajstić information content (AvgIpc) is 2.79. The molecule has 1 heterocycles. The van der Waals surface area contributed by atoms with Gasteiger partial charge in [0.1, 0.15) is 12.2 Å². The fourth-order valence-corrected chi connectivity index (χ4v) is 3.28. The molecule has 0 saturated carbocycles. The smallest absolute Gasteiger partial charge is 0.139 e. The topological polar surface area (TPSA) is 73.8 Å². The number of hydrogen-bond acceptors (Lipinski definition) is 4. The Hall–Kier alpha value is -1.21. The standard InChI is InChI=1S/C11H13BrN4OS/c1-2-16-11(14-7-15-16)6-18(17)10-5-8(12)3-4-9(10)13/h3-5,7H,2,6,13H2,1H3. The van der Waals surface area contributed by atoms with Crippen LogP contribution in [0.4, 0.5) is 5.69 Å². The van der Waals surface area contributed by atoms with Crippen LogP contribution in [0.15, 0.2) is 33.9 Å². The molecule has 0 amide bonds. The number of nitrogens with zero attached hydrogens (tertiary/aromatic N) is 3. The van der Waals surface area contributed by atoms with Crippen molar-refractivity contribution in [3.8, 4) is 0 Å². The Bertz CT molecular complexity index is 584. The second-order valence-corrected chi connectivity index (χ2v) is 6.00. The van der Waals surface area contributed by atoms with Crippen LogP contribution >= 0.6 is 15.9 Å². The minimum Gasteiger partial charge on any atom is -0.398 e. The number of aromatic nitrogens is 3. The maximum atomic E-state index is 12.3. The van der Waals surface area contributed by atoms with Crippen molar-refractivity contribution in [1.82, 2.24) is 14.8 Å². The summed E-state index contributed by atoms with van der Waals surface area (Å²) in [4.78, 5) is 4.73. The maximum absolute atomic E-state index is 12.3. The van der Waals surface area contributed by atoms with Crippen molar-refractivity contribution in [2.45, 2.75) is 24.1 Å². The van der Waals surface area contributed by atoms with E-state index in [9.17, 15) is 4.21 Å². The fraction of sp³-hybridized carbons (Fsp3) is 0.273. The quantitative estimate of drug-likeness (QED) is 0.870. The Morgan fingerprint density at radius 2 is 2.28 bits per heavy atom. The van der Waals surface area contributed by atoms with Gasteiger partial charge < -0.3 is 5.73 Å². The van der Waals surface area contributed by atoms with Crippen LogP contribution in [0.2, 0.25) is 0 Å². The highest BCUT2D eigenvalue weighted by atomic mass is 79.9. The Balaban J connectivity index is 2.25. The lowest BCUT2D eigenvalue weighted by atomic mass is 10.3. The van der Waals surface area contributed by atoms with E-state index < -0.39 is 10.8 Å². The molecular weight excluding hydrogens is 316 g/mol. The highest BCUT2D eigenvalue weighted by Crippen LogP contribution is 2.23. The van der Waals surface area contributed by atoms with E-state index in [0.29, 0.717) is 28.7 Å². The highest BCUT2D eigenvalue weighted by Gasteiger charge is 2.13. The molecule has 1 unspecified atom stereocenters. The lowest BCUT2D eigenvalue weighted by Gasteiger charge is -2.06. The monoisotopic (exact) mass is 328 g/mol. The lowest BCUT2D eigenvalue weighted by molar-refractivity contribution is 0.627. The van der Waals surface area contributed by atoms with Crippen LogP contribution in [0.25, 0.3) is 0 Å². The van der Waals surface area contributed by atoms with E-state index in [1.807, 2.05) is 13.0 Å². The van der Waals surface area contributed by atoms with Crippen LogP contribution in [0, 0.1) is 0 Å². The van der Waals surface area contributed by atoms with Gasteiger partial charge in [0.2, 0.25) is 0 Å². The third kappa shape index (κ3) is 2.78. The molecule has 1 aromatic carbocycles. The van der Waals surface area contributed by atoms with Crippen molar-refractivity contribution in [2.75, 3.05) is 5.73 Å². The molecular formula is C11H13BrN4OS. The van der Waals surface area contributed by atoms with Crippen LogP contribution in [-0.2, 0) is 23.1 Å². The molecule has 0 radical (unpaired) electrons. The van der Waals surface area contributed by atoms with E-state index >= 15 is 0 Å². The Labute approximate surface area is 116 Å². The molecule has 96 valence electrons. The number of halogens is 1. The van der Waals surface area contributed by atoms with Gasteiger partial charge in [-0.15, -0.1) is 0 Å². The summed E-state index contributed by atoms with van der Waals surface area (Å²) >= 11 is 3.35. The van der Waals surface area contributed by atoms with Gasteiger partial charge in [-0.05, 0) is 25.1 Å². The first-order chi connectivity index (χ1) is 8.61. The first-order valence-electron chi connectivity index (χ1n) is 5.42. The first-order valence-corrected chi connectivity index (χ1v) is 7.53. The summed E-state index contributed by atoms with van der Waals surface area (Å²) < 4.78 is 14.9. The summed E-state index contributed by atoms with van der Waals surface area (Å²) in [5.41, 5.74) is 6.36. The van der Waals surface area contributed by atoms with E-state index in [-0.39, 0.29) is 0 Å². The molecule has 0 aliphatic rings. The number of nitrogen functional groups attached to an aromatic ring is 1. The summed E-state index contributed by atoms with van der Waals surface area (Å²) in [5, 5.41) is 4.05. The fourth-order valence-electron chi connectivity index (χ4n) is 1.56. The van der Waals surface area contributed by atoms with Gasteiger partial charge in [0.25, 0.3) is 0 Å². The molecule has 0 fully saturated rings. The summed E-state index contributed by atoms with van der Waals surface area (Å²) in [6, 6.07) is 5.34. The van der Waals surface area contributed by atoms with Gasteiger partial charge in [0.05, 0.1) is 21.4 Å². The van der Waals surface area contributed by atoms with Crippen molar-refractivity contribution in [1.29, 1.82) is 0 Å². The van der Waals surface area contributed by atoms with Gasteiger partial charge in [-0.25, -0.2) is 9.67 Å². The van der Waals surface area contributed by atoms with E-state index in [1.165, 1.54) is 6.33 Å². The molecule has 7 heteroatoms. The van der Waals surface area contributed by atoms with Gasteiger partial charge in [0, 0.05) is 16.7 Å². The van der Waals surface area contributed by atoms with Crippen molar-refractivity contribution >= 4 is 32.4 Å².